The van der Waals surface area contributed by atoms with Gasteiger partial charge in [0, 0.05) is 0 Å². The number of hydrogen-bond donors (Lipinski definition) is 3. The molecule has 4 N–H and O–H groups in total. The first-order valence-corrected chi connectivity index (χ1v) is 4.59. The molecule has 86 valence electrons. The van der Waals surface area contributed by atoms with Crippen molar-refractivity contribution < 1.29 is 14.4 Å². The molecule has 16 heavy (non-hydrogen) atoms. The van der Waals surface area contributed by atoms with Gasteiger partial charge in [-0.2, -0.15) is 0 Å². The van der Waals surface area contributed by atoms with Crippen molar-refractivity contribution in [3.63, 3.8) is 0 Å². The maximum atomic E-state index is 13.2. The molecule has 0 spiro atoms. The normalized spacial score (nSPS) is 13.2. The topological polar surface area (TPSA) is 87.7 Å². The van der Waals surface area contributed by atoms with Crippen molar-refractivity contribution in [3.05, 3.63) is 35.6 Å². The SMILES string of the molecule is CC(NC(=O)c1ccccc1F)/C(N)=N/O. The van der Waals surface area contributed by atoms with Crippen molar-refractivity contribution in [2.24, 2.45) is 10.9 Å². The Bertz CT molecular complexity index is 420. The van der Waals surface area contributed by atoms with Gasteiger partial charge in [0.2, 0.25) is 0 Å². The van der Waals surface area contributed by atoms with Crippen molar-refractivity contribution in [1.82, 2.24) is 5.32 Å². The first-order chi connectivity index (χ1) is 7.56. The summed E-state index contributed by atoms with van der Waals surface area (Å²) in [7, 11) is 0. The number of benzene rings is 1. The van der Waals surface area contributed by atoms with Gasteiger partial charge >= 0.3 is 0 Å². The Morgan fingerprint density at radius 2 is 2.19 bits per heavy atom. The zero-order valence-electron chi connectivity index (χ0n) is 8.64. The highest BCUT2D eigenvalue weighted by Gasteiger charge is 2.15. The predicted molar refractivity (Wildman–Crippen MR) is 56.7 cm³/mol. The number of nitrogens with two attached hydrogens (primary N) is 1. The quantitative estimate of drug-likeness (QED) is 0.306. The Hall–Kier alpha value is -2.11. The van der Waals surface area contributed by atoms with Crippen LogP contribution >= 0.6 is 0 Å². The van der Waals surface area contributed by atoms with Gasteiger partial charge in [-0.1, -0.05) is 17.3 Å². The number of carbonyl (C=O) groups excluding carboxylic acids is 1. The summed E-state index contributed by atoms with van der Waals surface area (Å²) in [6.07, 6.45) is 0. The summed E-state index contributed by atoms with van der Waals surface area (Å²) in [4.78, 5) is 11.6. The standard InChI is InChI=1S/C10H12FN3O2/c1-6(9(12)14-16)13-10(15)7-4-2-3-5-8(7)11/h2-6,16H,1H3,(H2,12,14)(H,13,15). The molecule has 0 bridgehead atoms. The van der Waals surface area contributed by atoms with Crippen LogP contribution in [-0.4, -0.2) is 23.0 Å². The molecular weight excluding hydrogens is 213 g/mol. The van der Waals surface area contributed by atoms with Gasteiger partial charge in [0.05, 0.1) is 11.6 Å². The van der Waals surface area contributed by atoms with E-state index in [-0.39, 0.29) is 11.4 Å². The van der Waals surface area contributed by atoms with E-state index in [1.165, 1.54) is 25.1 Å². The number of amides is 1. The summed E-state index contributed by atoms with van der Waals surface area (Å²) in [5, 5.41) is 13.5. The largest absolute Gasteiger partial charge is 0.409 e. The van der Waals surface area contributed by atoms with Crippen LogP contribution < -0.4 is 11.1 Å². The van der Waals surface area contributed by atoms with Gasteiger partial charge < -0.3 is 16.3 Å². The molecule has 0 aliphatic rings. The van der Waals surface area contributed by atoms with Crippen LogP contribution in [0.25, 0.3) is 0 Å². The molecule has 0 saturated carbocycles. The molecule has 0 fully saturated rings. The van der Waals surface area contributed by atoms with Crippen LogP contribution in [0.4, 0.5) is 4.39 Å². The summed E-state index contributed by atoms with van der Waals surface area (Å²) >= 11 is 0. The molecule has 1 aromatic carbocycles. The molecule has 5 nitrogen and oxygen atoms in total. The second-order valence-corrected chi connectivity index (χ2v) is 3.20. The van der Waals surface area contributed by atoms with E-state index >= 15 is 0 Å². The van der Waals surface area contributed by atoms with E-state index in [4.69, 9.17) is 10.9 Å². The third-order valence-corrected chi connectivity index (χ3v) is 2.03. The number of rotatable bonds is 3. The van der Waals surface area contributed by atoms with E-state index in [1.54, 1.807) is 6.07 Å². The number of halogens is 1. The molecule has 1 aromatic rings. The molecule has 0 saturated heterocycles. The molecular formula is C10H12FN3O2. The van der Waals surface area contributed by atoms with Gasteiger partial charge in [0.1, 0.15) is 5.82 Å². The van der Waals surface area contributed by atoms with Crippen LogP contribution in [0.5, 0.6) is 0 Å². The van der Waals surface area contributed by atoms with Crippen LogP contribution in [-0.2, 0) is 0 Å². The molecule has 6 heteroatoms. The summed E-state index contributed by atoms with van der Waals surface area (Å²) < 4.78 is 13.2. The van der Waals surface area contributed by atoms with Gasteiger partial charge in [0.25, 0.3) is 5.91 Å². The molecule has 1 amide bonds. The van der Waals surface area contributed by atoms with E-state index in [9.17, 15) is 9.18 Å². The number of amidine groups is 1. The lowest BCUT2D eigenvalue weighted by Crippen LogP contribution is -2.42. The Labute approximate surface area is 91.8 Å². The lowest BCUT2D eigenvalue weighted by molar-refractivity contribution is 0.0944. The molecule has 0 heterocycles. The fourth-order valence-corrected chi connectivity index (χ4v) is 1.08. The zero-order valence-corrected chi connectivity index (χ0v) is 8.64. The minimum Gasteiger partial charge on any atom is -0.409 e. The predicted octanol–water partition coefficient (Wildman–Crippen LogP) is 0.690. The first-order valence-electron chi connectivity index (χ1n) is 4.59. The van der Waals surface area contributed by atoms with E-state index < -0.39 is 17.8 Å². The number of oxime groups is 1. The number of hydrogen-bond acceptors (Lipinski definition) is 3. The molecule has 0 aliphatic heterocycles. The van der Waals surface area contributed by atoms with E-state index in [2.05, 4.69) is 10.5 Å². The first kappa shape index (κ1) is 12.0. The van der Waals surface area contributed by atoms with E-state index in [1.807, 2.05) is 0 Å². The summed E-state index contributed by atoms with van der Waals surface area (Å²) in [6, 6.07) is 4.90. The third kappa shape index (κ3) is 2.69. The summed E-state index contributed by atoms with van der Waals surface area (Å²) in [5.41, 5.74) is 5.19. The van der Waals surface area contributed by atoms with Crippen LogP contribution in [0.3, 0.4) is 0 Å². The van der Waals surface area contributed by atoms with Gasteiger partial charge in [0.15, 0.2) is 5.84 Å². The average molecular weight is 225 g/mol. The average Bonchev–Trinajstić information content (AvgIpc) is 2.28. The fraction of sp³-hybridized carbons (Fsp3) is 0.200. The van der Waals surface area contributed by atoms with Gasteiger partial charge in [-0.15, -0.1) is 0 Å². The van der Waals surface area contributed by atoms with Crippen molar-refractivity contribution in [2.45, 2.75) is 13.0 Å². The van der Waals surface area contributed by atoms with Crippen LogP contribution in [0.1, 0.15) is 17.3 Å². The maximum absolute atomic E-state index is 13.2. The summed E-state index contributed by atoms with van der Waals surface area (Å²) in [6.45, 7) is 1.52. The molecule has 0 aromatic heterocycles. The lowest BCUT2D eigenvalue weighted by atomic mass is 10.2. The zero-order chi connectivity index (χ0) is 12.1. The monoisotopic (exact) mass is 225 g/mol. The van der Waals surface area contributed by atoms with Crippen LogP contribution in [0.15, 0.2) is 29.4 Å². The third-order valence-electron chi connectivity index (χ3n) is 2.03. The van der Waals surface area contributed by atoms with Crippen molar-refractivity contribution in [3.8, 4) is 0 Å². The molecule has 1 rings (SSSR count). The van der Waals surface area contributed by atoms with Crippen LogP contribution in [0, 0.1) is 5.82 Å². The number of nitrogens with one attached hydrogen (secondary N) is 1. The minimum absolute atomic E-state index is 0.0833. The van der Waals surface area contributed by atoms with E-state index in [0.717, 1.165) is 0 Å². The van der Waals surface area contributed by atoms with Crippen molar-refractivity contribution in [2.75, 3.05) is 0 Å². The Morgan fingerprint density at radius 1 is 1.56 bits per heavy atom. The van der Waals surface area contributed by atoms with Gasteiger partial charge in [-0.3, -0.25) is 4.79 Å². The molecule has 0 radical (unpaired) electrons. The molecule has 1 atom stereocenters. The Kier molecular flexibility index (Phi) is 3.82. The number of nitrogens with zero attached hydrogens (tertiary/aromatic N) is 1. The fourth-order valence-electron chi connectivity index (χ4n) is 1.08. The van der Waals surface area contributed by atoms with E-state index in [0.29, 0.717) is 0 Å². The second kappa shape index (κ2) is 5.11. The highest BCUT2D eigenvalue weighted by atomic mass is 19.1. The molecule has 1 unspecified atom stereocenters. The lowest BCUT2D eigenvalue weighted by Gasteiger charge is -2.12. The Morgan fingerprint density at radius 3 is 2.75 bits per heavy atom. The van der Waals surface area contributed by atoms with Crippen molar-refractivity contribution >= 4 is 11.7 Å². The Balaban J connectivity index is 2.78. The van der Waals surface area contributed by atoms with Gasteiger partial charge in [-0.05, 0) is 19.1 Å². The highest BCUT2D eigenvalue weighted by molar-refractivity contribution is 5.98. The van der Waals surface area contributed by atoms with Crippen molar-refractivity contribution in [1.29, 1.82) is 0 Å². The highest BCUT2D eigenvalue weighted by Crippen LogP contribution is 2.06. The maximum Gasteiger partial charge on any atom is 0.254 e. The smallest absolute Gasteiger partial charge is 0.254 e. The number of carbonyl (C=O) groups is 1. The molecule has 0 aliphatic carbocycles. The second-order valence-electron chi connectivity index (χ2n) is 3.20. The van der Waals surface area contributed by atoms with Gasteiger partial charge in [-0.25, -0.2) is 4.39 Å². The minimum atomic E-state index is -0.669. The van der Waals surface area contributed by atoms with Crippen LogP contribution in [0.2, 0.25) is 0 Å². The summed E-state index contributed by atoms with van der Waals surface area (Å²) in [5.74, 6) is -1.38.